The molecule has 0 saturated heterocycles. The van der Waals surface area contributed by atoms with Crippen LogP contribution >= 0.6 is 0 Å². The largest absolute Gasteiger partial charge is 0.289 e. The topological polar surface area (TPSA) is 12.9 Å². The van der Waals surface area contributed by atoms with Gasteiger partial charge in [0.2, 0.25) is 0 Å². The summed E-state index contributed by atoms with van der Waals surface area (Å²) in [6.07, 6.45) is 1.21. The van der Waals surface area contributed by atoms with Crippen LogP contribution in [0, 0.1) is 6.92 Å². The Hall–Kier alpha value is -0.990. The molecule has 0 spiro atoms. The molecule has 1 nitrogen and oxygen atoms in total. The van der Waals surface area contributed by atoms with E-state index in [-0.39, 0.29) is 12.1 Å². The van der Waals surface area contributed by atoms with Gasteiger partial charge in [0, 0.05) is 12.6 Å². The number of aryl methyl sites for hydroxylation is 1. The lowest BCUT2D eigenvalue weighted by Crippen LogP contribution is -2.13. The number of hydrogen-bond acceptors (Lipinski definition) is 1. The normalized spacial score (nSPS) is 11.7. The van der Waals surface area contributed by atoms with E-state index < -0.39 is 5.92 Å². The third-order valence-corrected chi connectivity index (χ3v) is 1.73. The lowest BCUT2D eigenvalue weighted by Gasteiger charge is -2.12. The molecule has 0 unspecified atom stereocenters. The monoisotopic (exact) mass is 171 g/mol. The van der Waals surface area contributed by atoms with Crippen LogP contribution in [0.15, 0.2) is 18.3 Å². The number of hydrogen-bond donors (Lipinski definition) is 0. The van der Waals surface area contributed by atoms with Gasteiger partial charge >= 0.3 is 0 Å². The zero-order valence-electron chi connectivity index (χ0n) is 7.14. The van der Waals surface area contributed by atoms with Gasteiger partial charge in [0.25, 0.3) is 5.92 Å². The number of nitrogens with zero attached hydrogens (tertiary/aromatic N) is 1. The summed E-state index contributed by atoms with van der Waals surface area (Å²) in [6, 6.07) is 3.12. The van der Waals surface area contributed by atoms with Crippen molar-refractivity contribution in [3.05, 3.63) is 29.6 Å². The molecule has 0 aliphatic rings. The zero-order valence-corrected chi connectivity index (χ0v) is 7.14. The smallest absolute Gasteiger partial charge is 0.255 e. The first-order chi connectivity index (χ1) is 5.56. The van der Waals surface area contributed by atoms with E-state index in [4.69, 9.17) is 0 Å². The minimum absolute atomic E-state index is 0.134. The maximum Gasteiger partial charge on any atom is 0.289 e. The second-order valence-electron chi connectivity index (χ2n) is 2.78. The van der Waals surface area contributed by atoms with Gasteiger partial charge in [0.1, 0.15) is 5.69 Å². The van der Waals surface area contributed by atoms with Gasteiger partial charge in [-0.1, -0.05) is 6.92 Å². The number of alkyl halides is 2. The van der Waals surface area contributed by atoms with Gasteiger partial charge in [-0.05, 0) is 24.6 Å². The summed E-state index contributed by atoms with van der Waals surface area (Å²) in [5, 5.41) is 0. The lowest BCUT2D eigenvalue weighted by atomic mass is 10.1. The molecule has 1 heterocycles. The molecular formula is C9H11F2N. The minimum Gasteiger partial charge on any atom is -0.255 e. The highest BCUT2D eigenvalue weighted by Gasteiger charge is 2.30. The molecule has 12 heavy (non-hydrogen) atoms. The fourth-order valence-corrected chi connectivity index (χ4v) is 0.917. The Balaban J connectivity index is 3.03. The van der Waals surface area contributed by atoms with Crippen molar-refractivity contribution in [2.75, 3.05) is 0 Å². The van der Waals surface area contributed by atoms with Crippen LogP contribution in [-0.4, -0.2) is 4.98 Å². The second-order valence-corrected chi connectivity index (χ2v) is 2.78. The van der Waals surface area contributed by atoms with Crippen molar-refractivity contribution in [2.24, 2.45) is 0 Å². The van der Waals surface area contributed by atoms with E-state index in [9.17, 15) is 8.78 Å². The van der Waals surface area contributed by atoms with Crippen molar-refractivity contribution in [2.45, 2.75) is 26.2 Å². The third-order valence-electron chi connectivity index (χ3n) is 1.73. The van der Waals surface area contributed by atoms with Crippen molar-refractivity contribution in [1.82, 2.24) is 4.98 Å². The summed E-state index contributed by atoms with van der Waals surface area (Å²) in [7, 11) is 0. The Labute approximate surface area is 70.4 Å². The molecule has 0 saturated carbocycles. The Kier molecular flexibility index (Phi) is 2.40. The van der Waals surface area contributed by atoms with Crippen LogP contribution in [0.2, 0.25) is 0 Å². The van der Waals surface area contributed by atoms with E-state index in [1.54, 1.807) is 13.0 Å². The highest BCUT2D eigenvalue weighted by atomic mass is 19.3. The fraction of sp³-hybridized carbons (Fsp3) is 0.444. The van der Waals surface area contributed by atoms with E-state index in [0.29, 0.717) is 0 Å². The number of halogens is 2. The van der Waals surface area contributed by atoms with Gasteiger partial charge in [-0.15, -0.1) is 0 Å². The number of aromatic nitrogens is 1. The molecule has 0 aliphatic heterocycles. The summed E-state index contributed by atoms with van der Waals surface area (Å²) in [5.74, 6) is -2.79. The summed E-state index contributed by atoms with van der Waals surface area (Å²) >= 11 is 0. The van der Waals surface area contributed by atoms with Crippen molar-refractivity contribution in [1.29, 1.82) is 0 Å². The quantitative estimate of drug-likeness (QED) is 0.666. The minimum atomic E-state index is -2.79. The van der Waals surface area contributed by atoms with Crippen LogP contribution in [-0.2, 0) is 5.92 Å². The van der Waals surface area contributed by atoms with E-state index >= 15 is 0 Å². The van der Waals surface area contributed by atoms with E-state index in [0.717, 1.165) is 5.56 Å². The molecule has 0 aromatic carbocycles. The van der Waals surface area contributed by atoms with Gasteiger partial charge < -0.3 is 0 Å². The molecular weight excluding hydrogens is 160 g/mol. The van der Waals surface area contributed by atoms with Crippen molar-refractivity contribution < 1.29 is 8.78 Å². The summed E-state index contributed by atoms with van der Waals surface area (Å²) in [5.41, 5.74) is 0.679. The fourth-order valence-electron chi connectivity index (χ4n) is 0.917. The molecule has 0 fully saturated rings. The Morgan fingerprint density at radius 3 is 2.67 bits per heavy atom. The zero-order chi connectivity index (χ0) is 9.19. The third kappa shape index (κ3) is 1.78. The highest BCUT2D eigenvalue weighted by molar-refractivity contribution is 5.17. The van der Waals surface area contributed by atoms with E-state index in [2.05, 4.69) is 4.98 Å². The first-order valence-corrected chi connectivity index (χ1v) is 3.87. The van der Waals surface area contributed by atoms with Crippen LogP contribution in [0.25, 0.3) is 0 Å². The van der Waals surface area contributed by atoms with Gasteiger partial charge in [0.05, 0.1) is 0 Å². The Bertz CT molecular complexity index is 271. The number of rotatable bonds is 2. The molecule has 0 N–H and O–H groups in total. The number of pyridine rings is 1. The first kappa shape index (κ1) is 9.10. The van der Waals surface area contributed by atoms with Crippen LogP contribution in [0.1, 0.15) is 24.6 Å². The standard InChI is InChI=1S/C9H11F2N/c1-3-9(10,11)8-6-7(2)4-5-12-8/h4-6H,3H2,1-2H3. The summed E-state index contributed by atoms with van der Waals surface area (Å²) < 4.78 is 26.0. The molecule has 1 aromatic rings. The second kappa shape index (κ2) is 3.17. The Morgan fingerprint density at radius 2 is 2.17 bits per heavy atom. The highest BCUT2D eigenvalue weighted by Crippen LogP contribution is 2.29. The molecule has 0 amide bonds. The molecule has 3 heteroatoms. The van der Waals surface area contributed by atoms with Crippen LogP contribution in [0.5, 0.6) is 0 Å². The van der Waals surface area contributed by atoms with Gasteiger partial charge in [-0.25, -0.2) is 0 Å². The van der Waals surface area contributed by atoms with E-state index in [1.807, 2.05) is 0 Å². The van der Waals surface area contributed by atoms with Crippen LogP contribution < -0.4 is 0 Å². The average molecular weight is 171 g/mol. The average Bonchev–Trinajstić information content (AvgIpc) is 2.05. The van der Waals surface area contributed by atoms with Crippen LogP contribution in [0.3, 0.4) is 0 Å². The van der Waals surface area contributed by atoms with Gasteiger partial charge in [0.15, 0.2) is 0 Å². The molecule has 1 aromatic heterocycles. The van der Waals surface area contributed by atoms with Crippen molar-refractivity contribution >= 4 is 0 Å². The molecule has 0 radical (unpaired) electrons. The van der Waals surface area contributed by atoms with Gasteiger partial charge in [-0.3, -0.25) is 4.98 Å². The summed E-state index contributed by atoms with van der Waals surface area (Å²) in [6.45, 7) is 3.22. The summed E-state index contributed by atoms with van der Waals surface area (Å²) in [4.78, 5) is 3.63. The van der Waals surface area contributed by atoms with Crippen molar-refractivity contribution in [3.63, 3.8) is 0 Å². The van der Waals surface area contributed by atoms with Crippen molar-refractivity contribution in [3.8, 4) is 0 Å². The first-order valence-electron chi connectivity index (χ1n) is 3.87. The molecule has 66 valence electrons. The molecule has 0 atom stereocenters. The van der Waals surface area contributed by atoms with Gasteiger partial charge in [-0.2, -0.15) is 8.78 Å². The van der Waals surface area contributed by atoms with Crippen LogP contribution in [0.4, 0.5) is 8.78 Å². The predicted octanol–water partition coefficient (Wildman–Crippen LogP) is 2.89. The predicted molar refractivity (Wildman–Crippen MR) is 43.2 cm³/mol. The molecule has 1 rings (SSSR count). The maximum atomic E-state index is 13.0. The Morgan fingerprint density at radius 1 is 1.50 bits per heavy atom. The molecule has 0 bridgehead atoms. The SMILES string of the molecule is CCC(F)(F)c1cc(C)ccn1. The lowest BCUT2D eigenvalue weighted by molar-refractivity contribution is -0.0128. The maximum absolute atomic E-state index is 13.0. The molecule has 0 aliphatic carbocycles. The van der Waals surface area contributed by atoms with E-state index in [1.165, 1.54) is 19.2 Å².